The van der Waals surface area contributed by atoms with Crippen molar-refractivity contribution in [1.82, 2.24) is 14.9 Å². The number of halogens is 2. The number of carbonyl (C=O) groups excluding carboxylic acids is 1. The minimum Gasteiger partial charge on any atom is -0.497 e. The van der Waals surface area contributed by atoms with Crippen LogP contribution in [0.15, 0.2) is 30.6 Å². The number of aryl methyl sites for hydroxylation is 1. The first-order valence-corrected chi connectivity index (χ1v) is 8.24. The van der Waals surface area contributed by atoms with Crippen molar-refractivity contribution in [3.63, 3.8) is 0 Å². The number of ether oxygens (including phenoxy) is 3. The lowest BCUT2D eigenvalue weighted by Gasteiger charge is -2.21. The molecule has 2 unspecified atom stereocenters. The number of aromatic nitrogens is 2. The van der Waals surface area contributed by atoms with E-state index in [4.69, 9.17) is 19.9 Å². The average molecular weight is 435 g/mol. The Hall–Kier alpha value is -2.00. The minimum atomic E-state index is -0.471. The summed E-state index contributed by atoms with van der Waals surface area (Å²) in [6, 6.07) is 5.00. The van der Waals surface area contributed by atoms with Gasteiger partial charge in [0, 0.05) is 39.2 Å². The van der Waals surface area contributed by atoms with E-state index in [2.05, 4.69) is 10.3 Å². The van der Waals surface area contributed by atoms with Crippen molar-refractivity contribution in [3.05, 3.63) is 42.0 Å². The van der Waals surface area contributed by atoms with Crippen LogP contribution in [0.5, 0.6) is 11.5 Å². The second-order valence-electron chi connectivity index (χ2n) is 5.84. The number of nitrogens with two attached hydrogens (primary N) is 1. The highest BCUT2D eigenvalue weighted by Gasteiger charge is 2.23. The van der Waals surface area contributed by atoms with Gasteiger partial charge >= 0.3 is 0 Å². The molecule has 0 aliphatic heterocycles. The molecule has 0 saturated heterocycles. The highest BCUT2D eigenvalue weighted by Crippen LogP contribution is 2.29. The number of methoxy groups -OCH3 is 3. The van der Waals surface area contributed by atoms with Crippen molar-refractivity contribution < 1.29 is 19.0 Å². The van der Waals surface area contributed by atoms with E-state index in [0.717, 1.165) is 5.56 Å². The Kier molecular flexibility index (Phi) is 11.6. The third kappa shape index (κ3) is 6.56. The number of benzene rings is 1. The smallest absolute Gasteiger partial charge is 0.223 e. The number of hydrogen-bond acceptors (Lipinski definition) is 6. The Balaban J connectivity index is 0.00000364. The monoisotopic (exact) mass is 434 g/mol. The molecule has 0 spiro atoms. The Morgan fingerprint density at radius 3 is 2.21 bits per heavy atom. The topological polar surface area (TPSA) is 101 Å². The maximum absolute atomic E-state index is 12.5. The van der Waals surface area contributed by atoms with Gasteiger partial charge in [-0.1, -0.05) is 0 Å². The van der Waals surface area contributed by atoms with Crippen LogP contribution in [0, 0.1) is 0 Å². The molecule has 0 radical (unpaired) electrons. The molecule has 2 atom stereocenters. The van der Waals surface area contributed by atoms with Gasteiger partial charge in [-0.2, -0.15) is 0 Å². The van der Waals surface area contributed by atoms with Gasteiger partial charge in [0.25, 0.3) is 0 Å². The molecular weight excluding hydrogens is 407 g/mol. The molecule has 10 heteroatoms. The number of hydrogen-bond donors (Lipinski definition) is 2. The highest BCUT2D eigenvalue weighted by molar-refractivity contribution is 5.85. The molecule has 0 saturated carbocycles. The normalized spacial score (nSPS) is 12.2. The third-order valence-electron chi connectivity index (χ3n) is 4.14. The molecule has 158 valence electrons. The Bertz CT molecular complexity index is 716. The summed E-state index contributed by atoms with van der Waals surface area (Å²) in [4.78, 5) is 16.9. The van der Waals surface area contributed by atoms with Crippen LogP contribution in [0.1, 0.15) is 23.9 Å². The van der Waals surface area contributed by atoms with E-state index in [-0.39, 0.29) is 49.8 Å². The first kappa shape index (κ1) is 26.0. The summed E-state index contributed by atoms with van der Waals surface area (Å²) in [7, 11) is 6.57. The zero-order valence-electron chi connectivity index (χ0n) is 16.4. The van der Waals surface area contributed by atoms with Crippen molar-refractivity contribution >= 4 is 30.7 Å². The van der Waals surface area contributed by atoms with Gasteiger partial charge < -0.3 is 29.8 Å². The highest BCUT2D eigenvalue weighted by atomic mass is 35.5. The predicted octanol–water partition coefficient (Wildman–Crippen LogP) is 1.85. The number of carbonyl (C=O) groups is 1. The summed E-state index contributed by atoms with van der Waals surface area (Å²) >= 11 is 0. The lowest BCUT2D eigenvalue weighted by molar-refractivity contribution is -0.123. The molecule has 2 rings (SSSR count). The van der Waals surface area contributed by atoms with Crippen LogP contribution in [0.25, 0.3) is 0 Å². The standard InChI is InChI=1S/C18H26N4O4.2ClH/c1-22-6-5-20-18(22)17(21-16(23)10-15(11-19)26-4)12-7-13(24-2)9-14(8-12)25-3;;/h5-9,15,17H,10-11,19H2,1-4H3,(H,21,23);2*1H. The van der Waals surface area contributed by atoms with E-state index in [9.17, 15) is 4.79 Å². The van der Waals surface area contributed by atoms with Crippen LogP contribution in [-0.2, 0) is 16.6 Å². The second-order valence-corrected chi connectivity index (χ2v) is 5.84. The fourth-order valence-electron chi connectivity index (χ4n) is 2.64. The molecule has 1 amide bonds. The maximum Gasteiger partial charge on any atom is 0.223 e. The molecule has 0 bridgehead atoms. The Morgan fingerprint density at radius 1 is 1.18 bits per heavy atom. The fraction of sp³-hybridized carbons (Fsp3) is 0.444. The van der Waals surface area contributed by atoms with E-state index in [1.54, 1.807) is 26.5 Å². The molecule has 28 heavy (non-hydrogen) atoms. The van der Waals surface area contributed by atoms with Crippen molar-refractivity contribution in [2.45, 2.75) is 18.6 Å². The lowest BCUT2D eigenvalue weighted by Crippen LogP contribution is -2.35. The van der Waals surface area contributed by atoms with E-state index in [1.807, 2.05) is 29.9 Å². The maximum atomic E-state index is 12.5. The van der Waals surface area contributed by atoms with Gasteiger partial charge in [0.2, 0.25) is 5.91 Å². The van der Waals surface area contributed by atoms with Crippen molar-refractivity contribution in [1.29, 1.82) is 0 Å². The molecule has 0 fully saturated rings. The van der Waals surface area contributed by atoms with Crippen LogP contribution in [0.3, 0.4) is 0 Å². The number of imidazole rings is 1. The lowest BCUT2D eigenvalue weighted by atomic mass is 10.0. The quantitative estimate of drug-likeness (QED) is 0.624. The second kappa shape index (κ2) is 12.5. The Morgan fingerprint density at radius 2 is 1.79 bits per heavy atom. The van der Waals surface area contributed by atoms with Crippen LogP contribution in [0.2, 0.25) is 0 Å². The number of nitrogens with zero attached hydrogens (tertiary/aromatic N) is 2. The molecule has 2 aromatic rings. The number of amides is 1. The molecule has 0 aliphatic rings. The summed E-state index contributed by atoms with van der Waals surface area (Å²) in [6.45, 7) is 0.268. The van der Waals surface area contributed by atoms with Gasteiger partial charge in [-0.05, 0) is 17.7 Å². The molecule has 8 nitrogen and oxygen atoms in total. The largest absolute Gasteiger partial charge is 0.497 e. The number of rotatable bonds is 9. The molecule has 3 N–H and O–H groups in total. The Labute approximate surface area is 177 Å². The van der Waals surface area contributed by atoms with Gasteiger partial charge in [0.15, 0.2) is 0 Å². The first-order valence-electron chi connectivity index (χ1n) is 8.24. The van der Waals surface area contributed by atoms with Gasteiger partial charge in [0.1, 0.15) is 23.4 Å². The molecule has 1 aromatic heterocycles. The van der Waals surface area contributed by atoms with Crippen LogP contribution in [0.4, 0.5) is 0 Å². The molecule has 1 heterocycles. The average Bonchev–Trinajstić information content (AvgIpc) is 3.09. The van der Waals surface area contributed by atoms with Gasteiger partial charge in [-0.15, -0.1) is 24.8 Å². The van der Waals surface area contributed by atoms with E-state index in [0.29, 0.717) is 17.3 Å². The zero-order valence-corrected chi connectivity index (χ0v) is 18.0. The van der Waals surface area contributed by atoms with Gasteiger partial charge in [0.05, 0.1) is 26.7 Å². The van der Waals surface area contributed by atoms with E-state index < -0.39 is 6.04 Å². The number of nitrogens with one attached hydrogen (secondary N) is 1. The summed E-state index contributed by atoms with van der Waals surface area (Å²) in [5.74, 6) is 1.77. The van der Waals surface area contributed by atoms with Crippen molar-refractivity contribution in [2.75, 3.05) is 27.9 Å². The van der Waals surface area contributed by atoms with Gasteiger partial charge in [-0.25, -0.2) is 4.98 Å². The third-order valence-corrected chi connectivity index (χ3v) is 4.14. The van der Waals surface area contributed by atoms with E-state index in [1.165, 1.54) is 7.11 Å². The van der Waals surface area contributed by atoms with Gasteiger partial charge in [-0.3, -0.25) is 4.79 Å². The molecular formula is C18H28Cl2N4O4. The van der Waals surface area contributed by atoms with Crippen molar-refractivity contribution in [2.24, 2.45) is 12.8 Å². The molecule has 1 aromatic carbocycles. The van der Waals surface area contributed by atoms with E-state index >= 15 is 0 Å². The molecule has 0 aliphatic carbocycles. The summed E-state index contributed by atoms with van der Waals surface area (Å²) < 4.78 is 17.7. The minimum absolute atomic E-state index is 0. The SMILES string of the molecule is COc1cc(OC)cc(C(NC(=O)CC(CN)OC)c2nccn2C)c1.Cl.Cl. The summed E-state index contributed by atoms with van der Waals surface area (Å²) in [5, 5.41) is 3.01. The first-order chi connectivity index (χ1) is 12.5. The summed E-state index contributed by atoms with van der Waals surface area (Å²) in [6.07, 6.45) is 3.33. The van der Waals surface area contributed by atoms with Crippen LogP contribution in [-0.4, -0.2) is 49.4 Å². The van der Waals surface area contributed by atoms with Crippen molar-refractivity contribution in [3.8, 4) is 11.5 Å². The predicted molar refractivity (Wildman–Crippen MR) is 112 cm³/mol. The van der Waals surface area contributed by atoms with Crippen LogP contribution >= 0.6 is 24.8 Å². The van der Waals surface area contributed by atoms with Crippen LogP contribution < -0.4 is 20.5 Å². The summed E-state index contributed by atoms with van der Waals surface area (Å²) in [5.41, 5.74) is 6.41. The fourth-order valence-corrected chi connectivity index (χ4v) is 2.64. The zero-order chi connectivity index (χ0) is 19.1.